The molecule has 0 saturated carbocycles. The van der Waals surface area contributed by atoms with Gasteiger partial charge >= 0.3 is 12.3 Å². The van der Waals surface area contributed by atoms with Crippen LogP contribution in [0.25, 0.3) is 0 Å². The zero-order valence-electron chi connectivity index (χ0n) is 8.16. The van der Waals surface area contributed by atoms with Crippen molar-refractivity contribution >= 4 is 5.97 Å². The van der Waals surface area contributed by atoms with E-state index in [0.717, 1.165) is 0 Å². The Bertz CT molecular complexity index is 335. The van der Waals surface area contributed by atoms with E-state index in [1.165, 1.54) is 12.1 Å². The molecule has 1 aromatic carbocycles. The summed E-state index contributed by atoms with van der Waals surface area (Å²) in [6.07, 6.45) is -4.70. The Morgan fingerprint density at radius 3 is 2.31 bits per heavy atom. The zero-order chi connectivity index (χ0) is 12.0. The number of rotatable bonds is 4. The molecule has 0 saturated heterocycles. The van der Waals surface area contributed by atoms with Crippen LogP contribution in [0.1, 0.15) is 10.4 Å². The highest BCUT2D eigenvalue weighted by molar-refractivity contribution is 5.89. The van der Waals surface area contributed by atoms with Gasteiger partial charge in [-0.25, -0.2) is 4.79 Å². The van der Waals surface area contributed by atoms with Crippen molar-refractivity contribution in [1.82, 2.24) is 0 Å². The Morgan fingerprint density at radius 2 is 1.75 bits per heavy atom. The Hall–Kier alpha value is -1.56. The Labute approximate surface area is 89.8 Å². The highest BCUT2D eigenvalue weighted by atomic mass is 19.4. The summed E-state index contributed by atoms with van der Waals surface area (Å²) in [6.45, 7) is -1.14. The van der Waals surface area contributed by atoms with Crippen LogP contribution in [-0.2, 0) is 9.47 Å². The van der Waals surface area contributed by atoms with E-state index in [0.29, 0.717) is 0 Å². The fraction of sp³-hybridized carbons (Fsp3) is 0.300. The quantitative estimate of drug-likeness (QED) is 0.592. The first-order chi connectivity index (χ1) is 7.49. The van der Waals surface area contributed by atoms with Crippen molar-refractivity contribution < 1.29 is 27.4 Å². The van der Waals surface area contributed by atoms with E-state index in [9.17, 15) is 18.0 Å². The molecule has 0 N–H and O–H groups in total. The minimum atomic E-state index is -4.70. The fourth-order valence-electron chi connectivity index (χ4n) is 0.949. The van der Waals surface area contributed by atoms with E-state index in [1.54, 1.807) is 18.2 Å². The van der Waals surface area contributed by atoms with Gasteiger partial charge in [0, 0.05) is 0 Å². The standard InChI is InChI=1S/C10H9F3O3/c11-10(12,13)16-7-6-15-9(14)8-4-2-1-3-5-8/h1-5H,6-7H2. The molecule has 0 fully saturated rings. The van der Waals surface area contributed by atoms with Crippen LogP contribution in [0.3, 0.4) is 0 Å². The van der Waals surface area contributed by atoms with Gasteiger partial charge in [0.1, 0.15) is 6.61 Å². The first-order valence-corrected chi connectivity index (χ1v) is 4.42. The highest BCUT2D eigenvalue weighted by Gasteiger charge is 2.28. The normalized spacial score (nSPS) is 11.2. The van der Waals surface area contributed by atoms with Crippen molar-refractivity contribution in [3.63, 3.8) is 0 Å². The van der Waals surface area contributed by atoms with Crippen molar-refractivity contribution in [3.8, 4) is 0 Å². The maximum absolute atomic E-state index is 11.5. The molecule has 0 radical (unpaired) electrons. The molecule has 0 bridgehead atoms. The molecule has 1 rings (SSSR count). The summed E-state index contributed by atoms with van der Waals surface area (Å²) in [5.41, 5.74) is 0.287. The molecule has 0 unspecified atom stereocenters. The molecule has 3 nitrogen and oxygen atoms in total. The van der Waals surface area contributed by atoms with Crippen LogP contribution in [0.2, 0.25) is 0 Å². The first-order valence-electron chi connectivity index (χ1n) is 4.42. The topological polar surface area (TPSA) is 35.5 Å². The van der Waals surface area contributed by atoms with Crippen LogP contribution in [0.15, 0.2) is 30.3 Å². The summed E-state index contributed by atoms with van der Waals surface area (Å²) in [4.78, 5) is 11.2. The summed E-state index contributed by atoms with van der Waals surface area (Å²) in [7, 11) is 0. The summed E-state index contributed by atoms with van der Waals surface area (Å²) in [6, 6.07) is 7.98. The van der Waals surface area contributed by atoms with Gasteiger partial charge in [0.25, 0.3) is 0 Å². The first kappa shape index (κ1) is 12.5. The van der Waals surface area contributed by atoms with Gasteiger partial charge in [-0.2, -0.15) is 0 Å². The number of carbonyl (C=O) groups excluding carboxylic acids is 1. The second kappa shape index (κ2) is 5.50. The van der Waals surface area contributed by atoms with Crippen molar-refractivity contribution in [1.29, 1.82) is 0 Å². The zero-order valence-corrected chi connectivity index (χ0v) is 8.16. The van der Waals surface area contributed by atoms with Gasteiger partial charge in [0.15, 0.2) is 0 Å². The molecule has 0 heterocycles. The SMILES string of the molecule is O=C(OCCOC(F)(F)F)c1ccccc1. The monoisotopic (exact) mass is 234 g/mol. The number of halogens is 3. The lowest BCUT2D eigenvalue weighted by Crippen LogP contribution is -2.18. The minimum Gasteiger partial charge on any atom is -0.460 e. The molecular formula is C10H9F3O3. The molecule has 1 aromatic rings. The third-order valence-corrected chi connectivity index (χ3v) is 1.59. The second-order valence-corrected chi connectivity index (χ2v) is 2.80. The van der Waals surface area contributed by atoms with E-state index in [2.05, 4.69) is 9.47 Å². The predicted octanol–water partition coefficient (Wildman–Crippen LogP) is 2.38. The molecule has 0 spiro atoms. The van der Waals surface area contributed by atoms with E-state index in [4.69, 9.17) is 0 Å². The Balaban J connectivity index is 2.27. The van der Waals surface area contributed by atoms with E-state index in [1.807, 2.05) is 0 Å². The number of benzene rings is 1. The molecule has 0 aliphatic heterocycles. The third kappa shape index (κ3) is 4.79. The second-order valence-electron chi connectivity index (χ2n) is 2.80. The van der Waals surface area contributed by atoms with Crippen LogP contribution in [0.4, 0.5) is 13.2 Å². The molecule has 0 aliphatic carbocycles. The summed E-state index contributed by atoms with van der Waals surface area (Å²) in [5, 5.41) is 0. The molecule has 88 valence electrons. The molecule has 0 amide bonds. The number of alkyl halides is 3. The lowest BCUT2D eigenvalue weighted by atomic mass is 10.2. The number of ether oxygens (including phenoxy) is 2. The van der Waals surface area contributed by atoms with Gasteiger partial charge in [-0.05, 0) is 12.1 Å². The number of hydrogen-bond donors (Lipinski definition) is 0. The van der Waals surface area contributed by atoms with Gasteiger partial charge in [-0.1, -0.05) is 18.2 Å². The Kier molecular flexibility index (Phi) is 4.30. The number of carbonyl (C=O) groups is 1. The van der Waals surface area contributed by atoms with Crippen molar-refractivity contribution in [2.45, 2.75) is 6.36 Å². The number of esters is 1. The van der Waals surface area contributed by atoms with Crippen LogP contribution in [0.5, 0.6) is 0 Å². The summed E-state index contributed by atoms with van der Waals surface area (Å²) >= 11 is 0. The fourth-order valence-corrected chi connectivity index (χ4v) is 0.949. The van der Waals surface area contributed by atoms with Gasteiger partial charge in [0.2, 0.25) is 0 Å². The van der Waals surface area contributed by atoms with Crippen molar-refractivity contribution in [3.05, 3.63) is 35.9 Å². The lowest BCUT2D eigenvalue weighted by molar-refractivity contribution is -0.326. The van der Waals surface area contributed by atoms with Crippen LogP contribution in [0, 0.1) is 0 Å². The lowest BCUT2D eigenvalue weighted by Gasteiger charge is -2.07. The number of hydrogen-bond acceptors (Lipinski definition) is 3. The molecule has 0 atom stereocenters. The summed E-state index contributed by atoms with van der Waals surface area (Å²) < 4.78 is 42.6. The maximum atomic E-state index is 11.5. The van der Waals surface area contributed by atoms with Crippen LogP contribution in [-0.4, -0.2) is 25.5 Å². The minimum absolute atomic E-state index is 0.287. The van der Waals surface area contributed by atoms with Gasteiger partial charge in [0.05, 0.1) is 12.2 Å². The average molecular weight is 234 g/mol. The van der Waals surface area contributed by atoms with E-state index in [-0.39, 0.29) is 5.56 Å². The summed E-state index contributed by atoms with van der Waals surface area (Å²) in [5.74, 6) is -0.675. The predicted molar refractivity (Wildman–Crippen MR) is 48.7 cm³/mol. The van der Waals surface area contributed by atoms with Gasteiger partial charge in [-0.15, -0.1) is 13.2 Å². The van der Waals surface area contributed by atoms with Gasteiger partial charge < -0.3 is 4.74 Å². The molecule has 0 aliphatic rings. The van der Waals surface area contributed by atoms with Crippen molar-refractivity contribution in [2.75, 3.05) is 13.2 Å². The smallest absolute Gasteiger partial charge is 0.460 e. The molecular weight excluding hydrogens is 225 g/mol. The van der Waals surface area contributed by atoms with Crippen LogP contribution < -0.4 is 0 Å². The van der Waals surface area contributed by atoms with Crippen LogP contribution >= 0.6 is 0 Å². The molecule has 16 heavy (non-hydrogen) atoms. The maximum Gasteiger partial charge on any atom is 0.522 e. The Morgan fingerprint density at radius 1 is 1.12 bits per heavy atom. The van der Waals surface area contributed by atoms with Gasteiger partial charge in [-0.3, -0.25) is 4.74 Å². The van der Waals surface area contributed by atoms with Crippen molar-refractivity contribution in [2.24, 2.45) is 0 Å². The largest absolute Gasteiger partial charge is 0.522 e. The average Bonchev–Trinajstić information content (AvgIpc) is 2.24. The van der Waals surface area contributed by atoms with E-state index >= 15 is 0 Å². The molecule has 0 aromatic heterocycles. The third-order valence-electron chi connectivity index (χ3n) is 1.59. The highest BCUT2D eigenvalue weighted by Crippen LogP contribution is 2.15. The molecule has 6 heteroatoms. The van der Waals surface area contributed by atoms with E-state index < -0.39 is 25.5 Å².